The van der Waals surface area contributed by atoms with Crippen molar-refractivity contribution in [3.63, 3.8) is 0 Å². The first-order valence-corrected chi connectivity index (χ1v) is 6.15. The summed E-state index contributed by atoms with van der Waals surface area (Å²) in [4.78, 5) is 11.3. The third-order valence-electron chi connectivity index (χ3n) is 3.10. The van der Waals surface area contributed by atoms with Crippen LogP contribution in [0.5, 0.6) is 0 Å². The number of carboxylic acids is 1. The monoisotopic (exact) mass is 299 g/mol. The Labute approximate surface area is 108 Å². The third kappa shape index (κ3) is 2.45. The Kier molecular flexibility index (Phi) is 3.40. The van der Waals surface area contributed by atoms with Crippen LogP contribution in [-0.4, -0.2) is 29.8 Å². The smallest absolute Gasteiger partial charge is 0.329 e. The molecular weight excluding hydrogens is 286 g/mol. The van der Waals surface area contributed by atoms with Gasteiger partial charge < -0.3 is 15.2 Å². The topological polar surface area (TPSA) is 58.6 Å². The molecule has 1 saturated carbocycles. The Balaban J connectivity index is 2.12. The van der Waals surface area contributed by atoms with Gasteiger partial charge in [0.1, 0.15) is 5.54 Å². The number of halogens is 1. The molecule has 0 bridgehead atoms. The third-order valence-corrected chi connectivity index (χ3v) is 3.60. The molecule has 0 heterocycles. The summed E-state index contributed by atoms with van der Waals surface area (Å²) in [5.74, 6) is -0.828. The van der Waals surface area contributed by atoms with E-state index < -0.39 is 11.5 Å². The lowest BCUT2D eigenvalue weighted by Gasteiger charge is -2.44. The first kappa shape index (κ1) is 12.4. The maximum absolute atomic E-state index is 11.3. The van der Waals surface area contributed by atoms with Gasteiger partial charge in [-0.3, -0.25) is 0 Å². The summed E-state index contributed by atoms with van der Waals surface area (Å²) in [6, 6.07) is 7.49. The fraction of sp³-hybridized carbons (Fsp3) is 0.417. The van der Waals surface area contributed by atoms with Gasteiger partial charge in [-0.1, -0.05) is 22.0 Å². The first-order valence-electron chi connectivity index (χ1n) is 5.36. The van der Waals surface area contributed by atoms with Gasteiger partial charge in [0.05, 0.1) is 6.10 Å². The molecule has 2 N–H and O–H groups in total. The van der Waals surface area contributed by atoms with E-state index in [0.29, 0.717) is 12.8 Å². The van der Waals surface area contributed by atoms with Crippen LogP contribution in [0.4, 0.5) is 5.69 Å². The van der Waals surface area contributed by atoms with Crippen LogP contribution in [0.15, 0.2) is 28.7 Å². The Morgan fingerprint density at radius 1 is 1.59 bits per heavy atom. The van der Waals surface area contributed by atoms with Gasteiger partial charge >= 0.3 is 5.97 Å². The van der Waals surface area contributed by atoms with Crippen LogP contribution < -0.4 is 5.32 Å². The number of aliphatic carboxylic acids is 1. The second-order valence-electron chi connectivity index (χ2n) is 4.29. The molecule has 2 rings (SSSR count). The van der Waals surface area contributed by atoms with E-state index >= 15 is 0 Å². The molecule has 1 aromatic rings. The molecule has 17 heavy (non-hydrogen) atoms. The molecule has 0 atom stereocenters. The van der Waals surface area contributed by atoms with E-state index in [4.69, 9.17) is 4.74 Å². The lowest BCUT2D eigenvalue weighted by molar-refractivity contribution is -0.151. The predicted octanol–water partition coefficient (Wildman–Crippen LogP) is 2.49. The number of hydrogen-bond donors (Lipinski definition) is 2. The van der Waals surface area contributed by atoms with Crippen molar-refractivity contribution in [1.82, 2.24) is 0 Å². The number of anilines is 1. The zero-order valence-corrected chi connectivity index (χ0v) is 11.0. The van der Waals surface area contributed by atoms with Gasteiger partial charge in [-0.15, -0.1) is 0 Å². The average Bonchev–Trinajstić information content (AvgIpc) is 2.22. The minimum Gasteiger partial charge on any atom is -0.480 e. The molecule has 0 radical (unpaired) electrons. The van der Waals surface area contributed by atoms with E-state index in [9.17, 15) is 9.90 Å². The Morgan fingerprint density at radius 2 is 2.29 bits per heavy atom. The van der Waals surface area contributed by atoms with Gasteiger partial charge in [-0.25, -0.2) is 4.79 Å². The molecule has 0 saturated heterocycles. The fourth-order valence-corrected chi connectivity index (χ4v) is 2.46. The number of nitrogens with one attached hydrogen (secondary N) is 1. The largest absolute Gasteiger partial charge is 0.480 e. The van der Waals surface area contributed by atoms with Gasteiger partial charge in [-0.2, -0.15) is 0 Å². The fourth-order valence-electron chi connectivity index (χ4n) is 2.06. The molecule has 92 valence electrons. The van der Waals surface area contributed by atoms with Gasteiger partial charge in [-0.05, 0) is 18.2 Å². The Bertz CT molecular complexity index is 430. The second-order valence-corrected chi connectivity index (χ2v) is 5.20. The van der Waals surface area contributed by atoms with Crippen molar-refractivity contribution in [3.8, 4) is 0 Å². The highest BCUT2D eigenvalue weighted by atomic mass is 79.9. The minimum atomic E-state index is -0.887. The van der Waals surface area contributed by atoms with E-state index in [0.717, 1.165) is 10.2 Å². The molecule has 5 heteroatoms. The quantitative estimate of drug-likeness (QED) is 0.897. The van der Waals surface area contributed by atoms with Crippen LogP contribution in [-0.2, 0) is 9.53 Å². The van der Waals surface area contributed by atoms with Gasteiger partial charge in [0.2, 0.25) is 0 Å². The van der Waals surface area contributed by atoms with Crippen molar-refractivity contribution in [1.29, 1.82) is 0 Å². The summed E-state index contributed by atoms with van der Waals surface area (Å²) in [6.45, 7) is 0. The molecule has 0 aliphatic heterocycles. The van der Waals surface area contributed by atoms with E-state index in [-0.39, 0.29) is 6.10 Å². The van der Waals surface area contributed by atoms with E-state index in [1.165, 1.54) is 0 Å². The molecule has 4 nitrogen and oxygen atoms in total. The summed E-state index contributed by atoms with van der Waals surface area (Å²) in [5.41, 5.74) is -0.0853. The SMILES string of the molecule is COC1CC(Nc2cccc(Br)c2)(C(=O)O)C1. The average molecular weight is 300 g/mol. The molecule has 0 amide bonds. The highest BCUT2D eigenvalue weighted by Gasteiger charge is 2.51. The zero-order valence-electron chi connectivity index (χ0n) is 9.44. The molecule has 0 unspecified atom stereocenters. The van der Waals surface area contributed by atoms with Crippen LogP contribution in [0.1, 0.15) is 12.8 Å². The molecular formula is C12H14BrNO3. The number of carbonyl (C=O) groups is 1. The van der Waals surface area contributed by atoms with E-state index in [2.05, 4.69) is 21.2 Å². The van der Waals surface area contributed by atoms with Crippen molar-refractivity contribution in [2.24, 2.45) is 0 Å². The molecule has 1 aromatic carbocycles. The Hall–Kier alpha value is -1.07. The van der Waals surface area contributed by atoms with Gasteiger partial charge in [0.25, 0.3) is 0 Å². The summed E-state index contributed by atoms with van der Waals surface area (Å²) >= 11 is 3.36. The highest BCUT2D eigenvalue weighted by Crippen LogP contribution is 2.38. The number of methoxy groups -OCH3 is 1. The lowest BCUT2D eigenvalue weighted by atomic mass is 9.74. The summed E-state index contributed by atoms with van der Waals surface area (Å²) in [7, 11) is 1.61. The summed E-state index contributed by atoms with van der Waals surface area (Å²) in [5, 5.41) is 12.4. The number of rotatable bonds is 4. The first-order chi connectivity index (χ1) is 8.05. The maximum Gasteiger partial charge on any atom is 0.329 e. The van der Waals surface area contributed by atoms with Crippen molar-refractivity contribution >= 4 is 27.6 Å². The van der Waals surface area contributed by atoms with Crippen LogP contribution in [0.3, 0.4) is 0 Å². The molecule has 0 spiro atoms. The summed E-state index contributed by atoms with van der Waals surface area (Å²) in [6.07, 6.45) is 1.02. The number of benzene rings is 1. The van der Waals surface area contributed by atoms with Crippen molar-refractivity contribution in [3.05, 3.63) is 28.7 Å². The number of ether oxygens (including phenoxy) is 1. The van der Waals surface area contributed by atoms with Crippen LogP contribution in [0, 0.1) is 0 Å². The van der Waals surface area contributed by atoms with Crippen LogP contribution in [0.2, 0.25) is 0 Å². The minimum absolute atomic E-state index is 0.0331. The number of carboxylic acid groups (broad SMARTS) is 1. The normalized spacial score (nSPS) is 27.3. The highest BCUT2D eigenvalue weighted by molar-refractivity contribution is 9.10. The van der Waals surface area contributed by atoms with E-state index in [1.54, 1.807) is 7.11 Å². The van der Waals surface area contributed by atoms with Crippen molar-refractivity contribution < 1.29 is 14.6 Å². The van der Waals surface area contributed by atoms with Gasteiger partial charge in [0.15, 0.2) is 0 Å². The van der Waals surface area contributed by atoms with Crippen LogP contribution in [0.25, 0.3) is 0 Å². The molecule has 1 fully saturated rings. The Morgan fingerprint density at radius 3 is 2.82 bits per heavy atom. The second kappa shape index (κ2) is 4.66. The standard InChI is InChI=1S/C12H14BrNO3/c1-17-10-6-12(7-10,11(15)16)14-9-4-2-3-8(13)5-9/h2-5,10,14H,6-7H2,1H3,(H,15,16). The number of hydrogen-bond acceptors (Lipinski definition) is 3. The maximum atomic E-state index is 11.3. The lowest BCUT2D eigenvalue weighted by Crippen LogP contribution is -2.59. The molecule has 1 aliphatic rings. The summed E-state index contributed by atoms with van der Waals surface area (Å²) < 4.78 is 6.06. The van der Waals surface area contributed by atoms with Crippen LogP contribution >= 0.6 is 15.9 Å². The van der Waals surface area contributed by atoms with Crippen molar-refractivity contribution in [2.45, 2.75) is 24.5 Å². The van der Waals surface area contributed by atoms with Crippen molar-refractivity contribution in [2.75, 3.05) is 12.4 Å². The molecule has 1 aliphatic carbocycles. The van der Waals surface area contributed by atoms with Gasteiger partial charge in [0, 0.05) is 30.1 Å². The zero-order chi connectivity index (χ0) is 12.5. The molecule has 0 aromatic heterocycles. The van der Waals surface area contributed by atoms with E-state index in [1.807, 2.05) is 24.3 Å². The predicted molar refractivity (Wildman–Crippen MR) is 68.2 cm³/mol.